The molecule has 0 aliphatic rings. The van der Waals surface area contributed by atoms with Gasteiger partial charge in [0.25, 0.3) is 0 Å². The second-order valence-corrected chi connectivity index (χ2v) is 5.94. The molecular formula is C20H18N2O5. The largest absolute Gasteiger partial charge is 0.478 e. The molecule has 2 N–H and O–H groups in total. The quantitative estimate of drug-likeness (QED) is 0.681. The highest BCUT2D eigenvalue weighted by atomic mass is 16.6. The van der Waals surface area contributed by atoms with Gasteiger partial charge in [-0.05, 0) is 31.5 Å². The first-order chi connectivity index (χ1) is 13.0. The van der Waals surface area contributed by atoms with Crippen LogP contribution in [0.3, 0.4) is 0 Å². The number of nitrogens with one attached hydrogen (secondary N) is 1. The van der Waals surface area contributed by atoms with Crippen LogP contribution in [0.5, 0.6) is 0 Å². The number of anilines is 1. The Kier molecular flexibility index (Phi) is 5.21. The lowest BCUT2D eigenvalue weighted by Crippen LogP contribution is -2.16. The van der Waals surface area contributed by atoms with Gasteiger partial charge in [0.1, 0.15) is 17.5 Å². The summed E-state index contributed by atoms with van der Waals surface area (Å²) in [5, 5.41) is 15.5. The van der Waals surface area contributed by atoms with Crippen molar-refractivity contribution in [2.75, 3.05) is 5.32 Å². The predicted molar refractivity (Wildman–Crippen MR) is 98.6 cm³/mol. The number of carbonyl (C=O) groups is 2. The number of hydrogen-bond acceptors (Lipinski definition) is 5. The molecular weight excluding hydrogens is 348 g/mol. The molecule has 0 saturated heterocycles. The minimum absolute atomic E-state index is 0.153. The molecule has 1 aromatic heterocycles. The van der Waals surface area contributed by atoms with E-state index in [9.17, 15) is 9.59 Å². The van der Waals surface area contributed by atoms with Crippen LogP contribution in [0.1, 0.15) is 34.6 Å². The van der Waals surface area contributed by atoms with E-state index in [-0.39, 0.29) is 5.56 Å². The zero-order valence-electron chi connectivity index (χ0n) is 14.8. The van der Waals surface area contributed by atoms with Crippen LogP contribution in [0.4, 0.5) is 10.5 Å². The third-order valence-corrected chi connectivity index (χ3v) is 4.04. The molecule has 2 aromatic carbocycles. The number of carboxylic acid groups (broad SMARTS) is 1. The number of aryl methyl sites for hydroxylation is 1. The number of aromatic nitrogens is 1. The first kappa shape index (κ1) is 18.2. The maximum Gasteiger partial charge on any atom is 0.412 e. The van der Waals surface area contributed by atoms with E-state index >= 15 is 0 Å². The van der Waals surface area contributed by atoms with Gasteiger partial charge >= 0.3 is 12.1 Å². The summed E-state index contributed by atoms with van der Waals surface area (Å²) in [6, 6.07) is 15.5. The molecule has 7 nitrogen and oxygen atoms in total. The average molecular weight is 366 g/mol. The molecule has 0 aliphatic carbocycles. The summed E-state index contributed by atoms with van der Waals surface area (Å²) in [5.74, 6) is -0.694. The average Bonchev–Trinajstić information content (AvgIpc) is 3.03. The normalized spacial score (nSPS) is 11.6. The first-order valence-electron chi connectivity index (χ1n) is 8.28. The Labute approximate surface area is 155 Å². The van der Waals surface area contributed by atoms with Crippen LogP contribution in [-0.4, -0.2) is 22.3 Å². The number of nitrogens with zero attached hydrogens (tertiary/aromatic N) is 1. The highest BCUT2D eigenvalue weighted by Crippen LogP contribution is 2.31. The minimum atomic E-state index is -1.02. The predicted octanol–water partition coefficient (Wildman–Crippen LogP) is 4.66. The third kappa shape index (κ3) is 4.14. The van der Waals surface area contributed by atoms with Gasteiger partial charge in [0, 0.05) is 5.56 Å². The molecule has 0 bridgehead atoms. The summed E-state index contributed by atoms with van der Waals surface area (Å²) in [5.41, 5.74) is 2.48. The molecule has 3 aromatic rings. The lowest BCUT2D eigenvalue weighted by atomic mass is 10.1. The van der Waals surface area contributed by atoms with Crippen LogP contribution in [0.25, 0.3) is 11.3 Å². The fourth-order valence-electron chi connectivity index (χ4n) is 2.56. The summed E-state index contributed by atoms with van der Waals surface area (Å²) < 4.78 is 10.7. The maximum atomic E-state index is 12.3. The number of benzene rings is 2. The Morgan fingerprint density at radius 2 is 1.78 bits per heavy atom. The van der Waals surface area contributed by atoms with E-state index in [4.69, 9.17) is 14.4 Å². The Balaban J connectivity index is 1.76. The maximum absolute atomic E-state index is 12.3. The van der Waals surface area contributed by atoms with Crippen molar-refractivity contribution < 1.29 is 24.0 Å². The summed E-state index contributed by atoms with van der Waals surface area (Å²) >= 11 is 0. The zero-order valence-corrected chi connectivity index (χ0v) is 14.8. The van der Waals surface area contributed by atoms with Gasteiger partial charge in [-0.15, -0.1) is 0 Å². The lowest BCUT2D eigenvalue weighted by Gasteiger charge is -2.14. The van der Waals surface area contributed by atoms with Gasteiger partial charge in [0.05, 0.1) is 5.56 Å². The summed E-state index contributed by atoms with van der Waals surface area (Å²) in [4.78, 5) is 23.3. The van der Waals surface area contributed by atoms with Crippen molar-refractivity contribution in [1.82, 2.24) is 5.16 Å². The van der Waals surface area contributed by atoms with Crippen LogP contribution in [-0.2, 0) is 4.74 Å². The molecule has 1 unspecified atom stereocenters. The fourth-order valence-corrected chi connectivity index (χ4v) is 2.56. The molecule has 27 heavy (non-hydrogen) atoms. The monoisotopic (exact) mass is 366 g/mol. The van der Waals surface area contributed by atoms with Crippen LogP contribution in [0, 0.1) is 6.92 Å². The molecule has 0 aliphatic heterocycles. The minimum Gasteiger partial charge on any atom is -0.478 e. The van der Waals surface area contributed by atoms with E-state index < -0.39 is 18.2 Å². The Bertz CT molecular complexity index is 948. The van der Waals surface area contributed by atoms with E-state index in [0.29, 0.717) is 22.7 Å². The highest BCUT2D eigenvalue weighted by molar-refractivity contribution is 5.92. The van der Waals surface area contributed by atoms with Gasteiger partial charge in [-0.3, -0.25) is 5.32 Å². The molecule has 7 heteroatoms. The number of amides is 1. The van der Waals surface area contributed by atoms with Crippen molar-refractivity contribution in [3.05, 3.63) is 71.4 Å². The highest BCUT2D eigenvalue weighted by Gasteiger charge is 2.20. The van der Waals surface area contributed by atoms with E-state index in [2.05, 4.69) is 10.5 Å². The van der Waals surface area contributed by atoms with Crippen molar-refractivity contribution in [3.8, 4) is 11.3 Å². The van der Waals surface area contributed by atoms with Gasteiger partial charge in [-0.25, -0.2) is 9.59 Å². The number of rotatable bonds is 5. The summed E-state index contributed by atoms with van der Waals surface area (Å²) in [6.07, 6.45) is -1.06. The van der Waals surface area contributed by atoms with Gasteiger partial charge in [0.15, 0.2) is 5.76 Å². The SMILES string of the molecule is Cc1noc(-c2ccc(C(=O)O)cc2)c1NC(=O)OC(C)c1ccccc1. The van der Waals surface area contributed by atoms with E-state index in [1.54, 1.807) is 26.0 Å². The van der Waals surface area contributed by atoms with Crippen molar-refractivity contribution >= 4 is 17.7 Å². The van der Waals surface area contributed by atoms with E-state index in [1.807, 2.05) is 30.3 Å². The van der Waals surface area contributed by atoms with Gasteiger partial charge < -0.3 is 14.4 Å². The molecule has 1 atom stereocenters. The molecule has 1 heterocycles. The Morgan fingerprint density at radius 1 is 1.11 bits per heavy atom. The van der Waals surface area contributed by atoms with Crippen LogP contribution in [0.15, 0.2) is 59.1 Å². The molecule has 3 rings (SSSR count). The summed E-state index contributed by atoms with van der Waals surface area (Å²) in [7, 11) is 0. The van der Waals surface area contributed by atoms with Gasteiger partial charge in [-0.2, -0.15) is 0 Å². The Morgan fingerprint density at radius 3 is 2.41 bits per heavy atom. The molecule has 138 valence electrons. The molecule has 0 spiro atoms. The number of aromatic carboxylic acids is 1. The molecule has 1 amide bonds. The smallest absolute Gasteiger partial charge is 0.412 e. The standard InChI is InChI=1S/C20H18N2O5/c1-12-17(21-20(25)26-13(2)14-6-4-3-5-7-14)18(27-22-12)15-8-10-16(11-9-15)19(23)24/h3-11,13H,1-2H3,(H,21,25)(H,23,24). The number of hydrogen-bond donors (Lipinski definition) is 2. The Hall–Kier alpha value is -3.61. The number of carbonyl (C=O) groups excluding carboxylic acids is 1. The lowest BCUT2D eigenvalue weighted by molar-refractivity contribution is 0.0696. The second-order valence-electron chi connectivity index (χ2n) is 5.94. The molecule has 0 saturated carbocycles. The van der Waals surface area contributed by atoms with E-state index in [0.717, 1.165) is 5.56 Å². The summed E-state index contributed by atoms with van der Waals surface area (Å²) in [6.45, 7) is 3.47. The molecule has 0 radical (unpaired) electrons. The van der Waals surface area contributed by atoms with Crippen molar-refractivity contribution in [1.29, 1.82) is 0 Å². The van der Waals surface area contributed by atoms with Gasteiger partial charge in [-0.1, -0.05) is 47.6 Å². The van der Waals surface area contributed by atoms with E-state index in [1.165, 1.54) is 12.1 Å². The fraction of sp³-hybridized carbons (Fsp3) is 0.150. The number of carboxylic acids is 1. The van der Waals surface area contributed by atoms with Crippen molar-refractivity contribution in [3.63, 3.8) is 0 Å². The van der Waals surface area contributed by atoms with Crippen molar-refractivity contribution in [2.45, 2.75) is 20.0 Å². The molecule has 0 fully saturated rings. The van der Waals surface area contributed by atoms with Gasteiger partial charge in [0.2, 0.25) is 0 Å². The number of ether oxygens (including phenoxy) is 1. The van der Waals surface area contributed by atoms with Crippen LogP contribution >= 0.6 is 0 Å². The first-order valence-corrected chi connectivity index (χ1v) is 8.28. The van der Waals surface area contributed by atoms with Crippen LogP contribution in [0.2, 0.25) is 0 Å². The second kappa shape index (κ2) is 7.74. The van der Waals surface area contributed by atoms with Crippen LogP contribution < -0.4 is 5.32 Å². The van der Waals surface area contributed by atoms with Crippen molar-refractivity contribution in [2.24, 2.45) is 0 Å². The zero-order chi connectivity index (χ0) is 19.4. The third-order valence-electron chi connectivity index (χ3n) is 4.04. The topological polar surface area (TPSA) is 102 Å².